The van der Waals surface area contributed by atoms with Gasteiger partial charge in [-0.05, 0) is 24.3 Å². The summed E-state index contributed by atoms with van der Waals surface area (Å²) in [6, 6.07) is 7.91. The van der Waals surface area contributed by atoms with E-state index < -0.39 is 0 Å². The maximum absolute atomic E-state index is 4.24. The minimum absolute atomic E-state index is 0.634. The first-order valence-corrected chi connectivity index (χ1v) is 5.76. The highest BCUT2D eigenvalue weighted by molar-refractivity contribution is 5.81. The van der Waals surface area contributed by atoms with Crippen LogP contribution in [-0.2, 0) is 0 Å². The summed E-state index contributed by atoms with van der Waals surface area (Å²) in [6.07, 6.45) is 0. The first-order valence-electron chi connectivity index (χ1n) is 5.76. The topological polar surface area (TPSA) is 46.8 Å². The Balaban J connectivity index is 2.07. The quantitative estimate of drug-likeness (QED) is 0.749. The summed E-state index contributed by atoms with van der Waals surface area (Å²) in [5.41, 5.74) is 1.97. The van der Waals surface area contributed by atoms with Gasteiger partial charge in [0.25, 0.3) is 5.96 Å². The molecule has 0 radical (unpaired) electrons. The molecule has 18 heavy (non-hydrogen) atoms. The molecule has 0 saturated carbocycles. The van der Waals surface area contributed by atoms with Gasteiger partial charge in [0.05, 0.1) is 5.69 Å². The number of benzene rings is 1. The van der Waals surface area contributed by atoms with Crippen molar-refractivity contribution in [3.63, 3.8) is 0 Å². The van der Waals surface area contributed by atoms with Crippen LogP contribution >= 0.6 is 0 Å². The van der Waals surface area contributed by atoms with Crippen LogP contribution in [0, 0.1) is 0 Å². The van der Waals surface area contributed by atoms with E-state index in [1.807, 2.05) is 67.3 Å². The number of azo groups is 1. The summed E-state index contributed by atoms with van der Waals surface area (Å²) in [6.45, 7) is 0.744. The van der Waals surface area contributed by atoms with Crippen molar-refractivity contribution in [1.82, 2.24) is 9.91 Å². The average molecular weight is 246 g/mol. The zero-order valence-corrected chi connectivity index (χ0v) is 11.2. The van der Waals surface area contributed by atoms with Gasteiger partial charge in [-0.15, -0.1) is 15.3 Å². The fourth-order valence-electron chi connectivity index (χ4n) is 1.65. The van der Waals surface area contributed by atoms with Crippen molar-refractivity contribution in [2.45, 2.75) is 0 Å². The van der Waals surface area contributed by atoms with Gasteiger partial charge in [-0.2, -0.15) is 0 Å². The fraction of sp³-hybridized carbons (Fsp3) is 0.417. The highest BCUT2D eigenvalue weighted by atomic mass is 15.6. The second-order valence-corrected chi connectivity index (χ2v) is 4.51. The third kappa shape index (κ3) is 2.77. The molecule has 6 nitrogen and oxygen atoms in total. The molecule has 1 aromatic carbocycles. The Hall–Kier alpha value is -2.11. The number of rotatable bonds is 2. The van der Waals surface area contributed by atoms with Crippen LogP contribution in [0.25, 0.3) is 0 Å². The third-order valence-electron chi connectivity index (χ3n) is 2.64. The predicted octanol–water partition coefficient (Wildman–Crippen LogP) is 1.94. The number of hydrogen-bond acceptors (Lipinski definition) is 6. The minimum Gasteiger partial charge on any atom is -0.378 e. The van der Waals surface area contributed by atoms with Crippen molar-refractivity contribution in [2.75, 3.05) is 39.8 Å². The van der Waals surface area contributed by atoms with Crippen LogP contribution in [0.15, 0.2) is 39.6 Å². The van der Waals surface area contributed by atoms with Gasteiger partial charge in [-0.1, -0.05) is 0 Å². The average Bonchev–Trinajstić information content (AvgIpc) is 2.66. The van der Waals surface area contributed by atoms with E-state index in [0.717, 1.165) is 18.0 Å². The number of anilines is 1. The van der Waals surface area contributed by atoms with Crippen molar-refractivity contribution in [1.29, 1.82) is 0 Å². The van der Waals surface area contributed by atoms with Crippen molar-refractivity contribution in [3.8, 4) is 0 Å². The smallest absolute Gasteiger partial charge is 0.263 e. The van der Waals surface area contributed by atoms with Gasteiger partial charge in [-0.3, -0.25) is 5.01 Å². The van der Waals surface area contributed by atoms with Crippen LogP contribution in [-0.4, -0.2) is 50.7 Å². The predicted molar refractivity (Wildman–Crippen MR) is 73.1 cm³/mol. The van der Waals surface area contributed by atoms with Crippen molar-refractivity contribution >= 4 is 17.3 Å². The Morgan fingerprint density at radius 2 is 1.78 bits per heavy atom. The first-order chi connectivity index (χ1) is 8.56. The second-order valence-electron chi connectivity index (χ2n) is 4.51. The molecule has 1 aliphatic rings. The summed E-state index contributed by atoms with van der Waals surface area (Å²) >= 11 is 0. The SMILES string of the molecule is CN1CN(C)C(N=Nc2ccc(N(C)C)cc2)=N1. The van der Waals surface area contributed by atoms with Crippen molar-refractivity contribution in [3.05, 3.63) is 24.3 Å². The molecule has 0 fully saturated rings. The van der Waals surface area contributed by atoms with E-state index in [4.69, 9.17) is 0 Å². The molecule has 6 heteroatoms. The Labute approximate surface area is 107 Å². The molecule has 0 N–H and O–H groups in total. The van der Waals surface area contributed by atoms with Gasteiger partial charge in [-0.25, -0.2) is 0 Å². The van der Waals surface area contributed by atoms with E-state index in [9.17, 15) is 0 Å². The van der Waals surface area contributed by atoms with Gasteiger partial charge in [0.2, 0.25) is 0 Å². The number of nitrogens with zero attached hydrogens (tertiary/aromatic N) is 6. The van der Waals surface area contributed by atoms with E-state index in [0.29, 0.717) is 5.96 Å². The van der Waals surface area contributed by atoms with Crippen LogP contribution in [0.2, 0.25) is 0 Å². The van der Waals surface area contributed by atoms with E-state index in [2.05, 4.69) is 15.3 Å². The van der Waals surface area contributed by atoms with Crippen LogP contribution in [0.3, 0.4) is 0 Å². The Morgan fingerprint density at radius 3 is 2.28 bits per heavy atom. The summed E-state index contributed by atoms with van der Waals surface area (Å²) in [5.74, 6) is 0.634. The van der Waals surface area contributed by atoms with Crippen LogP contribution in [0.5, 0.6) is 0 Å². The lowest BCUT2D eigenvalue weighted by Crippen LogP contribution is -2.23. The summed E-state index contributed by atoms with van der Waals surface area (Å²) in [5, 5.41) is 14.4. The lowest BCUT2D eigenvalue weighted by molar-refractivity contribution is 0.302. The Kier molecular flexibility index (Phi) is 3.45. The summed E-state index contributed by atoms with van der Waals surface area (Å²) in [7, 11) is 7.87. The maximum Gasteiger partial charge on any atom is 0.263 e. The molecule has 1 aromatic rings. The molecule has 0 aromatic heterocycles. The summed E-state index contributed by atoms with van der Waals surface area (Å²) in [4.78, 5) is 3.99. The molecule has 0 spiro atoms. The molecular weight excluding hydrogens is 228 g/mol. The van der Waals surface area contributed by atoms with E-state index in [1.165, 1.54) is 0 Å². The second kappa shape index (κ2) is 5.03. The zero-order valence-electron chi connectivity index (χ0n) is 11.2. The largest absolute Gasteiger partial charge is 0.378 e. The lowest BCUT2D eigenvalue weighted by atomic mass is 10.3. The molecule has 0 unspecified atom stereocenters. The van der Waals surface area contributed by atoms with Crippen LogP contribution in [0.1, 0.15) is 0 Å². The van der Waals surface area contributed by atoms with E-state index >= 15 is 0 Å². The standard InChI is InChI=1S/C12H18N6/c1-16(2)11-7-5-10(6-8-11)13-14-12-15-18(4)9-17(12)3/h5-8H,9H2,1-4H3. The number of hydrogen-bond donors (Lipinski definition) is 0. The Morgan fingerprint density at radius 1 is 1.11 bits per heavy atom. The van der Waals surface area contributed by atoms with Crippen LogP contribution in [0.4, 0.5) is 11.4 Å². The molecule has 0 aliphatic carbocycles. The van der Waals surface area contributed by atoms with Gasteiger partial charge >= 0.3 is 0 Å². The molecular formula is C12H18N6. The molecule has 0 amide bonds. The van der Waals surface area contributed by atoms with E-state index in [-0.39, 0.29) is 0 Å². The van der Waals surface area contributed by atoms with Gasteiger partial charge < -0.3 is 9.80 Å². The number of hydrazone groups is 1. The molecule has 0 saturated heterocycles. The molecule has 0 bridgehead atoms. The first kappa shape index (κ1) is 12.3. The van der Waals surface area contributed by atoms with Crippen molar-refractivity contribution < 1.29 is 0 Å². The summed E-state index contributed by atoms with van der Waals surface area (Å²) < 4.78 is 0. The van der Waals surface area contributed by atoms with Gasteiger partial charge in [0.15, 0.2) is 0 Å². The normalized spacial score (nSPS) is 15.4. The molecule has 1 heterocycles. The number of guanidine groups is 1. The monoisotopic (exact) mass is 246 g/mol. The van der Waals surface area contributed by atoms with E-state index in [1.54, 1.807) is 0 Å². The van der Waals surface area contributed by atoms with Crippen molar-refractivity contribution in [2.24, 2.45) is 15.3 Å². The third-order valence-corrected chi connectivity index (χ3v) is 2.64. The molecule has 0 atom stereocenters. The van der Waals surface area contributed by atoms with Crippen LogP contribution < -0.4 is 4.90 Å². The fourth-order valence-corrected chi connectivity index (χ4v) is 1.65. The minimum atomic E-state index is 0.634. The van der Waals surface area contributed by atoms with Gasteiger partial charge in [0.1, 0.15) is 6.67 Å². The lowest BCUT2D eigenvalue weighted by Gasteiger charge is -2.11. The Bertz CT molecular complexity index is 462. The molecule has 1 aliphatic heterocycles. The molecule has 2 rings (SSSR count). The highest BCUT2D eigenvalue weighted by Crippen LogP contribution is 2.18. The van der Waals surface area contributed by atoms with Gasteiger partial charge in [0, 0.05) is 33.9 Å². The maximum atomic E-state index is 4.24. The zero-order chi connectivity index (χ0) is 13.1. The highest BCUT2D eigenvalue weighted by Gasteiger charge is 2.15. The molecule has 96 valence electrons.